The van der Waals surface area contributed by atoms with E-state index in [1.54, 1.807) is 0 Å². The Bertz CT molecular complexity index is 3130. The van der Waals surface area contributed by atoms with Crippen LogP contribution in [0.4, 0.5) is 0 Å². The van der Waals surface area contributed by atoms with E-state index in [0.717, 1.165) is 0 Å². The van der Waals surface area contributed by atoms with E-state index in [9.17, 15) is 0 Å². The van der Waals surface area contributed by atoms with Crippen LogP contribution in [0.3, 0.4) is 0 Å². The molecule has 10 aromatic rings. The van der Waals surface area contributed by atoms with Crippen molar-refractivity contribution in [1.82, 2.24) is 4.57 Å². The summed E-state index contributed by atoms with van der Waals surface area (Å²) < 4.78 is 2.64. The van der Waals surface area contributed by atoms with Gasteiger partial charge in [-0.05, 0) is 137 Å². The molecule has 3 heterocycles. The minimum atomic E-state index is -0.190. The number of rotatable bonds is 4. The predicted molar refractivity (Wildman–Crippen MR) is 242 cm³/mol. The van der Waals surface area contributed by atoms with E-state index in [0.29, 0.717) is 0 Å². The molecule has 0 radical (unpaired) electrons. The average molecular weight is 728 g/mol. The zero-order valence-electron chi connectivity index (χ0n) is 32.7. The summed E-state index contributed by atoms with van der Waals surface area (Å²) in [6, 6.07) is 66.2. The fourth-order valence-electron chi connectivity index (χ4n) is 10.4. The maximum absolute atomic E-state index is 2.64. The molecule has 12 rings (SSSR count). The molecule has 0 N–H and O–H groups in total. The average Bonchev–Trinajstić information content (AvgIpc) is 3.58. The Balaban J connectivity index is 1.11. The van der Waals surface area contributed by atoms with Crippen LogP contribution in [0.1, 0.15) is 49.9 Å². The Morgan fingerprint density at radius 3 is 1.14 bits per heavy atom. The smallest absolute Gasteiger partial charge is 0.0582 e. The maximum Gasteiger partial charge on any atom is 0.0582 e. The van der Waals surface area contributed by atoms with Gasteiger partial charge in [0.1, 0.15) is 0 Å². The molecular formula is C56H41N. The van der Waals surface area contributed by atoms with Crippen molar-refractivity contribution >= 4 is 43.4 Å². The van der Waals surface area contributed by atoms with Gasteiger partial charge in [-0.1, -0.05) is 155 Å². The minimum Gasteiger partial charge on any atom is -0.308 e. The highest BCUT2D eigenvalue weighted by Crippen LogP contribution is 2.56. The summed E-state index contributed by atoms with van der Waals surface area (Å²) in [6.45, 7) is 9.72. The van der Waals surface area contributed by atoms with Gasteiger partial charge in [0.25, 0.3) is 0 Å². The minimum absolute atomic E-state index is 0.190. The number of nitrogens with zero attached hydrogens (tertiary/aromatic N) is 1. The van der Waals surface area contributed by atoms with Gasteiger partial charge in [0.2, 0.25) is 0 Å². The molecule has 1 nitrogen and oxygen atoms in total. The molecule has 0 fully saturated rings. The molecule has 0 bridgehead atoms. The fourth-order valence-corrected chi connectivity index (χ4v) is 10.4. The zero-order chi connectivity index (χ0) is 38.2. The van der Waals surface area contributed by atoms with Crippen LogP contribution in [-0.2, 0) is 10.8 Å². The van der Waals surface area contributed by atoms with Crippen molar-refractivity contribution in [3.05, 3.63) is 198 Å². The third-order valence-electron chi connectivity index (χ3n) is 13.5. The molecule has 0 aliphatic carbocycles. The van der Waals surface area contributed by atoms with Crippen molar-refractivity contribution in [2.24, 2.45) is 0 Å². The summed E-state index contributed by atoms with van der Waals surface area (Å²) in [5.74, 6) is 0. The molecule has 0 unspecified atom stereocenters. The molecule has 0 saturated carbocycles. The molecular weight excluding hydrogens is 687 g/mol. The Kier molecular flexibility index (Phi) is 6.53. The number of hydrogen-bond donors (Lipinski definition) is 0. The first kappa shape index (κ1) is 32.5. The van der Waals surface area contributed by atoms with Gasteiger partial charge in [0.15, 0.2) is 0 Å². The second-order valence-corrected chi connectivity index (χ2v) is 17.4. The van der Waals surface area contributed by atoms with Gasteiger partial charge in [0, 0.05) is 21.6 Å². The quantitative estimate of drug-likeness (QED) is 0.170. The molecule has 1 heteroatoms. The fraction of sp³-hybridized carbons (Fsp3) is 0.107. The van der Waals surface area contributed by atoms with Crippen molar-refractivity contribution in [3.63, 3.8) is 0 Å². The largest absolute Gasteiger partial charge is 0.308 e. The first-order chi connectivity index (χ1) is 27.7. The summed E-state index contributed by atoms with van der Waals surface area (Å²) in [4.78, 5) is 0. The Morgan fingerprint density at radius 1 is 0.298 bits per heavy atom. The molecule has 2 aliphatic heterocycles. The molecule has 57 heavy (non-hydrogen) atoms. The second-order valence-electron chi connectivity index (χ2n) is 17.4. The first-order valence-corrected chi connectivity index (χ1v) is 20.2. The van der Waals surface area contributed by atoms with Crippen molar-refractivity contribution in [2.75, 3.05) is 0 Å². The van der Waals surface area contributed by atoms with Crippen molar-refractivity contribution in [3.8, 4) is 50.2 Å². The van der Waals surface area contributed by atoms with Gasteiger partial charge < -0.3 is 4.57 Å². The first-order valence-electron chi connectivity index (χ1n) is 20.2. The van der Waals surface area contributed by atoms with Crippen LogP contribution in [0.2, 0.25) is 0 Å². The monoisotopic (exact) mass is 727 g/mol. The van der Waals surface area contributed by atoms with Crippen molar-refractivity contribution < 1.29 is 0 Å². The molecule has 0 spiro atoms. The number of aromatic nitrogens is 1. The summed E-state index contributed by atoms with van der Waals surface area (Å²) in [5, 5.41) is 7.72. The van der Waals surface area contributed by atoms with E-state index in [1.165, 1.54) is 116 Å². The maximum atomic E-state index is 2.64. The lowest BCUT2D eigenvalue weighted by Crippen LogP contribution is -2.33. The van der Waals surface area contributed by atoms with Gasteiger partial charge in [0.05, 0.1) is 16.7 Å². The van der Waals surface area contributed by atoms with Gasteiger partial charge in [-0.2, -0.15) is 0 Å². The lowest BCUT2D eigenvalue weighted by atomic mass is 9.68. The van der Waals surface area contributed by atoms with E-state index in [2.05, 4.69) is 208 Å². The van der Waals surface area contributed by atoms with E-state index < -0.39 is 0 Å². The number of benzene rings is 9. The normalized spacial score (nSPS) is 14.6. The van der Waals surface area contributed by atoms with Crippen LogP contribution in [0.25, 0.3) is 93.5 Å². The highest BCUT2D eigenvalue weighted by molar-refractivity contribution is 6.16. The number of hydrogen-bond acceptors (Lipinski definition) is 0. The highest BCUT2D eigenvalue weighted by Gasteiger charge is 2.43. The second kappa shape index (κ2) is 11.4. The SMILES string of the molecule is CC1(C)c2cccc3c2-n2c4c1cc(-c1cccc(-c5ccc6ccccc6c5)c1)cc4c1cc(-c4cccc(-c5ccc6ccccc6c5)c4)cc(c12)C3(C)C. The molecule has 0 amide bonds. The Morgan fingerprint density at radius 2 is 0.684 bits per heavy atom. The van der Waals surface area contributed by atoms with Crippen LogP contribution in [0, 0.1) is 0 Å². The topological polar surface area (TPSA) is 4.93 Å². The van der Waals surface area contributed by atoms with Crippen LogP contribution in [0.15, 0.2) is 176 Å². The van der Waals surface area contributed by atoms with Gasteiger partial charge >= 0.3 is 0 Å². The predicted octanol–water partition coefficient (Wildman–Crippen LogP) is 15.0. The van der Waals surface area contributed by atoms with Crippen LogP contribution < -0.4 is 0 Å². The molecule has 2 aliphatic rings. The lowest BCUT2D eigenvalue weighted by molar-refractivity contribution is 0.594. The molecule has 270 valence electrons. The van der Waals surface area contributed by atoms with Crippen LogP contribution >= 0.6 is 0 Å². The summed E-state index contributed by atoms with van der Waals surface area (Å²) in [7, 11) is 0. The molecule has 0 saturated heterocycles. The zero-order valence-corrected chi connectivity index (χ0v) is 32.7. The summed E-state index contributed by atoms with van der Waals surface area (Å²) >= 11 is 0. The van der Waals surface area contributed by atoms with E-state index in [1.807, 2.05) is 0 Å². The van der Waals surface area contributed by atoms with Gasteiger partial charge in [-0.15, -0.1) is 0 Å². The third kappa shape index (κ3) is 4.57. The van der Waals surface area contributed by atoms with Crippen molar-refractivity contribution in [1.29, 1.82) is 0 Å². The standard InChI is InChI=1S/C56H41N/c1-55(2)48-20-11-21-49-54(48)57-52-46(30-44(32-50(52)55)40-18-9-16-38(28-40)42-24-22-34-12-5-7-14-36(34)26-42)47-31-45(33-51(53(47)57)56(49,3)4)41-19-10-17-39(29-41)43-25-23-35-13-6-8-15-37(35)27-43/h5-33H,1-4H3. The Hall–Kier alpha value is -6.70. The van der Waals surface area contributed by atoms with E-state index in [-0.39, 0.29) is 10.8 Å². The summed E-state index contributed by atoms with van der Waals surface area (Å²) in [5.41, 5.74) is 19.2. The Labute approximate surface area is 333 Å². The third-order valence-corrected chi connectivity index (χ3v) is 13.5. The van der Waals surface area contributed by atoms with Gasteiger partial charge in [-0.25, -0.2) is 0 Å². The lowest BCUT2D eigenvalue weighted by Gasteiger charge is -2.42. The van der Waals surface area contributed by atoms with Crippen LogP contribution in [-0.4, -0.2) is 4.57 Å². The molecule has 1 aromatic heterocycles. The van der Waals surface area contributed by atoms with Crippen LogP contribution in [0.5, 0.6) is 0 Å². The number of para-hydroxylation sites is 1. The van der Waals surface area contributed by atoms with E-state index in [4.69, 9.17) is 0 Å². The summed E-state index contributed by atoms with van der Waals surface area (Å²) in [6.07, 6.45) is 0. The number of fused-ring (bicyclic) bond motifs is 3. The highest BCUT2D eigenvalue weighted by atomic mass is 15.0. The molecule has 9 aromatic carbocycles. The molecule has 0 atom stereocenters. The van der Waals surface area contributed by atoms with Gasteiger partial charge in [-0.3, -0.25) is 0 Å². The van der Waals surface area contributed by atoms with E-state index >= 15 is 0 Å². The van der Waals surface area contributed by atoms with Crippen molar-refractivity contribution in [2.45, 2.75) is 38.5 Å².